The Bertz CT molecular complexity index is 767. The Kier molecular flexibility index (Phi) is 6.72. The second-order valence-corrected chi connectivity index (χ2v) is 7.94. The minimum absolute atomic E-state index is 0.136. The fourth-order valence-corrected chi connectivity index (χ4v) is 2.77. The number of carbonyl (C=O) groups excluding carboxylic acids is 1. The lowest BCUT2D eigenvalue weighted by Crippen LogP contribution is -2.43. The van der Waals surface area contributed by atoms with Crippen LogP contribution in [0.25, 0.3) is 0 Å². The van der Waals surface area contributed by atoms with E-state index in [1.54, 1.807) is 0 Å². The molecule has 1 unspecified atom stereocenters. The molecule has 0 aliphatic rings. The van der Waals surface area contributed by atoms with Gasteiger partial charge in [0.1, 0.15) is 5.60 Å². The largest absolute Gasteiger partial charge is 0.444 e. The summed E-state index contributed by atoms with van der Waals surface area (Å²) in [6.45, 7) is 10.2. The van der Waals surface area contributed by atoms with Gasteiger partial charge in [-0.2, -0.15) is 0 Å². The third kappa shape index (κ3) is 6.85. The van der Waals surface area contributed by atoms with Gasteiger partial charge in [-0.15, -0.1) is 0 Å². The van der Waals surface area contributed by atoms with E-state index in [0.29, 0.717) is 18.7 Å². The van der Waals surface area contributed by atoms with Crippen molar-refractivity contribution in [1.82, 2.24) is 5.32 Å². The molecule has 0 saturated carbocycles. The number of nitrogens with two attached hydrogens (primary N) is 1. The van der Waals surface area contributed by atoms with Crippen LogP contribution in [0.15, 0.2) is 42.5 Å². The number of ether oxygens (including phenoxy) is 1. The van der Waals surface area contributed by atoms with Crippen LogP contribution in [0.3, 0.4) is 0 Å². The van der Waals surface area contributed by atoms with Crippen LogP contribution < -0.4 is 16.4 Å². The maximum Gasteiger partial charge on any atom is 0.407 e. The molecule has 2 aromatic rings. The topological polar surface area (TPSA) is 76.4 Å². The van der Waals surface area contributed by atoms with Gasteiger partial charge in [-0.25, -0.2) is 4.79 Å². The summed E-state index contributed by atoms with van der Waals surface area (Å²) in [5, 5.41) is 6.35. The zero-order chi connectivity index (χ0) is 20.0. The van der Waals surface area contributed by atoms with E-state index >= 15 is 0 Å². The van der Waals surface area contributed by atoms with Gasteiger partial charge in [0, 0.05) is 6.54 Å². The highest BCUT2D eigenvalue weighted by molar-refractivity contribution is 5.70. The molecule has 5 nitrogen and oxygen atoms in total. The molecule has 2 rings (SSSR count). The number of hydrogen-bond donors (Lipinski definition) is 3. The molecule has 0 saturated heterocycles. The molecule has 27 heavy (non-hydrogen) atoms. The Morgan fingerprint density at radius 3 is 2.37 bits per heavy atom. The van der Waals surface area contributed by atoms with Crippen LogP contribution in [0, 0.1) is 13.8 Å². The molecule has 1 atom stereocenters. The van der Waals surface area contributed by atoms with Gasteiger partial charge >= 0.3 is 6.09 Å². The fourth-order valence-electron chi connectivity index (χ4n) is 2.77. The first kappa shape index (κ1) is 20.6. The summed E-state index contributed by atoms with van der Waals surface area (Å²) in [6.07, 6.45) is 0.274. The van der Waals surface area contributed by atoms with Crippen molar-refractivity contribution in [3.8, 4) is 0 Å². The minimum atomic E-state index is -0.534. The highest BCUT2D eigenvalue weighted by atomic mass is 16.6. The van der Waals surface area contributed by atoms with E-state index in [2.05, 4.69) is 17.6 Å². The number of aryl methyl sites for hydroxylation is 2. The highest BCUT2D eigenvalue weighted by Gasteiger charge is 2.20. The summed E-state index contributed by atoms with van der Waals surface area (Å²) in [5.74, 6) is 0. The molecule has 2 aromatic carbocycles. The number of nitrogens with one attached hydrogen (secondary N) is 2. The van der Waals surface area contributed by atoms with Crippen molar-refractivity contribution in [2.24, 2.45) is 0 Å². The first-order valence-corrected chi connectivity index (χ1v) is 9.28. The van der Waals surface area contributed by atoms with Gasteiger partial charge in [0.2, 0.25) is 0 Å². The fraction of sp³-hybridized carbons (Fsp3) is 0.409. The van der Waals surface area contributed by atoms with E-state index in [0.717, 1.165) is 16.8 Å². The van der Waals surface area contributed by atoms with Gasteiger partial charge in [-0.1, -0.05) is 30.3 Å². The molecule has 0 aliphatic heterocycles. The van der Waals surface area contributed by atoms with Crippen LogP contribution in [-0.4, -0.2) is 24.3 Å². The number of nitrogen functional groups attached to an aromatic ring is 1. The van der Waals surface area contributed by atoms with Crippen molar-refractivity contribution < 1.29 is 9.53 Å². The molecule has 0 aromatic heterocycles. The number of benzene rings is 2. The van der Waals surface area contributed by atoms with Gasteiger partial charge in [0.25, 0.3) is 0 Å². The molecular formula is C22H31N3O2. The van der Waals surface area contributed by atoms with Gasteiger partial charge in [0.15, 0.2) is 0 Å². The molecule has 0 fully saturated rings. The Labute approximate surface area is 162 Å². The average Bonchev–Trinajstić information content (AvgIpc) is 2.56. The molecule has 0 radical (unpaired) electrons. The summed E-state index contributed by atoms with van der Waals surface area (Å²) in [7, 11) is 0. The molecule has 1 amide bonds. The summed E-state index contributed by atoms with van der Waals surface area (Å²) in [6, 6.07) is 13.9. The molecule has 146 valence electrons. The number of hydrogen-bond acceptors (Lipinski definition) is 4. The van der Waals surface area contributed by atoms with Crippen LogP contribution in [0.1, 0.15) is 37.5 Å². The minimum Gasteiger partial charge on any atom is -0.444 e. The lowest BCUT2D eigenvalue weighted by atomic mass is 10.0. The Morgan fingerprint density at radius 1 is 1.11 bits per heavy atom. The maximum absolute atomic E-state index is 12.3. The predicted octanol–water partition coefficient (Wildman–Crippen LogP) is 4.43. The number of amides is 1. The van der Waals surface area contributed by atoms with E-state index < -0.39 is 11.7 Å². The Balaban J connectivity index is 2.09. The smallest absolute Gasteiger partial charge is 0.407 e. The highest BCUT2D eigenvalue weighted by Crippen LogP contribution is 2.23. The van der Waals surface area contributed by atoms with E-state index in [4.69, 9.17) is 10.5 Å². The standard InChI is InChI=1S/C22H31N3O2/c1-15-11-19(23)20(12-16(15)2)24-14-18(13-17-9-7-6-8-10-17)25-21(26)27-22(3,4)5/h6-12,18,24H,13-14,23H2,1-5H3,(H,25,26). The first-order chi connectivity index (χ1) is 12.6. The van der Waals surface area contributed by atoms with E-state index in [1.807, 2.05) is 70.2 Å². The third-order valence-electron chi connectivity index (χ3n) is 4.25. The van der Waals surface area contributed by atoms with Crippen LogP contribution in [-0.2, 0) is 11.2 Å². The summed E-state index contributed by atoms with van der Waals surface area (Å²) < 4.78 is 5.41. The van der Waals surface area contributed by atoms with Crippen molar-refractivity contribution in [1.29, 1.82) is 0 Å². The number of rotatable bonds is 6. The number of anilines is 2. The van der Waals surface area contributed by atoms with Crippen molar-refractivity contribution in [3.63, 3.8) is 0 Å². The summed E-state index contributed by atoms with van der Waals surface area (Å²) in [5.41, 5.74) is 10.7. The monoisotopic (exact) mass is 369 g/mol. The van der Waals surface area contributed by atoms with Gasteiger partial charge in [0.05, 0.1) is 17.4 Å². The van der Waals surface area contributed by atoms with Crippen LogP contribution >= 0.6 is 0 Å². The summed E-state index contributed by atoms with van der Waals surface area (Å²) >= 11 is 0. The molecule has 5 heteroatoms. The second kappa shape index (κ2) is 8.80. The zero-order valence-corrected chi connectivity index (χ0v) is 16.9. The second-order valence-electron chi connectivity index (χ2n) is 7.94. The Morgan fingerprint density at radius 2 is 1.74 bits per heavy atom. The third-order valence-corrected chi connectivity index (χ3v) is 4.25. The molecular weight excluding hydrogens is 338 g/mol. The predicted molar refractivity (Wildman–Crippen MR) is 112 cm³/mol. The van der Waals surface area contributed by atoms with Crippen molar-refractivity contribution >= 4 is 17.5 Å². The normalized spacial score (nSPS) is 12.3. The van der Waals surface area contributed by atoms with Gasteiger partial charge in [-0.3, -0.25) is 0 Å². The van der Waals surface area contributed by atoms with Crippen LogP contribution in [0.4, 0.5) is 16.2 Å². The Hall–Kier alpha value is -2.69. The van der Waals surface area contributed by atoms with Crippen LogP contribution in [0.2, 0.25) is 0 Å². The quantitative estimate of drug-likeness (QED) is 0.658. The summed E-state index contributed by atoms with van der Waals surface area (Å²) in [4.78, 5) is 12.3. The average molecular weight is 370 g/mol. The molecule has 0 heterocycles. The molecule has 0 bridgehead atoms. The van der Waals surface area contributed by atoms with E-state index in [9.17, 15) is 4.79 Å². The zero-order valence-electron chi connectivity index (χ0n) is 16.9. The number of carbonyl (C=O) groups is 1. The van der Waals surface area contributed by atoms with Gasteiger partial charge in [-0.05, 0) is 69.9 Å². The lowest BCUT2D eigenvalue weighted by molar-refractivity contribution is 0.0507. The van der Waals surface area contributed by atoms with Crippen molar-refractivity contribution in [2.75, 3.05) is 17.6 Å². The van der Waals surface area contributed by atoms with Crippen LogP contribution in [0.5, 0.6) is 0 Å². The van der Waals surface area contributed by atoms with E-state index in [1.165, 1.54) is 5.56 Å². The first-order valence-electron chi connectivity index (χ1n) is 9.28. The van der Waals surface area contributed by atoms with E-state index in [-0.39, 0.29) is 6.04 Å². The lowest BCUT2D eigenvalue weighted by Gasteiger charge is -2.24. The molecule has 4 N–H and O–H groups in total. The molecule has 0 aliphatic carbocycles. The van der Waals surface area contributed by atoms with Crippen molar-refractivity contribution in [2.45, 2.75) is 52.7 Å². The van der Waals surface area contributed by atoms with Gasteiger partial charge < -0.3 is 21.1 Å². The molecule has 0 spiro atoms. The van der Waals surface area contributed by atoms with Crippen molar-refractivity contribution in [3.05, 3.63) is 59.2 Å². The maximum atomic E-state index is 12.3. The SMILES string of the molecule is Cc1cc(N)c(NCC(Cc2ccccc2)NC(=O)OC(C)(C)C)cc1C. The number of alkyl carbamates (subject to hydrolysis) is 1.